The lowest BCUT2D eigenvalue weighted by molar-refractivity contribution is -0.140. The zero-order valence-electron chi connectivity index (χ0n) is 12.6. The van der Waals surface area contributed by atoms with Crippen molar-refractivity contribution in [3.05, 3.63) is 23.8 Å². The number of carboxylic acid groups (broad SMARTS) is 1. The molecular weight excluding hydrogens is 270 g/mol. The van der Waals surface area contributed by atoms with Crippen molar-refractivity contribution >= 4 is 5.97 Å². The number of hydrogen-bond acceptors (Lipinski definition) is 4. The van der Waals surface area contributed by atoms with Gasteiger partial charge in [-0.2, -0.15) is 0 Å². The Kier molecular flexibility index (Phi) is 5.44. The van der Waals surface area contributed by atoms with E-state index in [0.717, 1.165) is 23.5 Å². The third kappa shape index (κ3) is 4.36. The van der Waals surface area contributed by atoms with Gasteiger partial charge in [-0.1, -0.05) is 26.0 Å². The number of carboxylic acids is 1. The Morgan fingerprint density at radius 3 is 2.81 bits per heavy atom. The Morgan fingerprint density at radius 2 is 2.10 bits per heavy atom. The summed E-state index contributed by atoms with van der Waals surface area (Å²) in [6.45, 7) is 5.76. The fraction of sp³-hybridized carbons (Fsp3) is 0.562. The lowest BCUT2D eigenvalue weighted by Gasteiger charge is -2.18. The molecule has 1 aliphatic rings. The Bertz CT molecular complexity index is 487. The first-order chi connectivity index (χ1) is 10.1. The number of ether oxygens (including phenoxy) is 2. The summed E-state index contributed by atoms with van der Waals surface area (Å²) in [6.07, 6.45) is 1.45. The second kappa shape index (κ2) is 7.31. The van der Waals surface area contributed by atoms with E-state index < -0.39 is 12.0 Å². The van der Waals surface area contributed by atoms with E-state index in [-0.39, 0.29) is 0 Å². The van der Waals surface area contributed by atoms with Crippen LogP contribution in [0, 0.1) is 5.92 Å². The van der Waals surface area contributed by atoms with Crippen LogP contribution in [0.5, 0.6) is 11.5 Å². The maximum atomic E-state index is 11.3. The van der Waals surface area contributed by atoms with Crippen LogP contribution in [0.4, 0.5) is 0 Å². The van der Waals surface area contributed by atoms with Crippen LogP contribution in [0.3, 0.4) is 0 Å². The largest absolute Gasteiger partial charge is 0.490 e. The smallest absolute Gasteiger partial charge is 0.320 e. The van der Waals surface area contributed by atoms with Gasteiger partial charge < -0.3 is 19.9 Å². The maximum absolute atomic E-state index is 11.3. The van der Waals surface area contributed by atoms with Crippen molar-refractivity contribution in [2.24, 2.45) is 5.92 Å². The van der Waals surface area contributed by atoms with Crippen LogP contribution in [0.15, 0.2) is 18.2 Å². The van der Waals surface area contributed by atoms with Gasteiger partial charge in [-0.15, -0.1) is 0 Å². The molecule has 21 heavy (non-hydrogen) atoms. The minimum atomic E-state index is -0.817. The number of para-hydroxylation sites is 1. The molecule has 0 aliphatic carbocycles. The van der Waals surface area contributed by atoms with Crippen molar-refractivity contribution in [1.82, 2.24) is 5.32 Å². The fourth-order valence-electron chi connectivity index (χ4n) is 2.37. The molecule has 2 N–H and O–H groups in total. The minimum absolute atomic E-state index is 0.325. The van der Waals surface area contributed by atoms with Gasteiger partial charge in [0.1, 0.15) is 6.04 Å². The summed E-state index contributed by atoms with van der Waals surface area (Å²) in [6, 6.07) is 5.18. The summed E-state index contributed by atoms with van der Waals surface area (Å²) in [4.78, 5) is 11.3. The molecule has 5 heteroatoms. The third-order valence-corrected chi connectivity index (χ3v) is 3.40. The van der Waals surface area contributed by atoms with Crippen LogP contribution in [0.1, 0.15) is 32.3 Å². The SMILES string of the molecule is CC(C)C[C@H](NCc1cccc2c1OCCCO2)C(=O)O. The maximum Gasteiger partial charge on any atom is 0.320 e. The highest BCUT2D eigenvalue weighted by Crippen LogP contribution is 2.33. The van der Waals surface area contributed by atoms with Crippen molar-refractivity contribution in [1.29, 1.82) is 0 Å². The topological polar surface area (TPSA) is 67.8 Å². The summed E-state index contributed by atoms with van der Waals surface area (Å²) in [5.74, 6) is 0.979. The molecule has 1 aliphatic heterocycles. The summed E-state index contributed by atoms with van der Waals surface area (Å²) in [7, 11) is 0. The highest BCUT2D eigenvalue weighted by Gasteiger charge is 2.20. The van der Waals surface area contributed by atoms with Crippen molar-refractivity contribution in [2.75, 3.05) is 13.2 Å². The molecule has 1 aromatic carbocycles. The van der Waals surface area contributed by atoms with Gasteiger partial charge in [0.05, 0.1) is 13.2 Å². The molecule has 0 amide bonds. The van der Waals surface area contributed by atoms with E-state index in [9.17, 15) is 9.90 Å². The first-order valence-corrected chi connectivity index (χ1v) is 7.41. The van der Waals surface area contributed by atoms with Gasteiger partial charge in [0.15, 0.2) is 11.5 Å². The van der Waals surface area contributed by atoms with E-state index in [4.69, 9.17) is 9.47 Å². The van der Waals surface area contributed by atoms with Gasteiger partial charge in [0.25, 0.3) is 0 Å². The number of benzene rings is 1. The molecule has 116 valence electrons. The number of fused-ring (bicyclic) bond motifs is 1. The zero-order chi connectivity index (χ0) is 15.2. The number of carbonyl (C=O) groups is 1. The van der Waals surface area contributed by atoms with Crippen molar-refractivity contribution < 1.29 is 19.4 Å². The summed E-state index contributed by atoms with van der Waals surface area (Å²) < 4.78 is 11.4. The van der Waals surface area contributed by atoms with E-state index in [1.807, 2.05) is 32.0 Å². The van der Waals surface area contributed by atoms with Gasteiger partial charge >= 0.3 is 5.97 Å². The predicted molar refractivity (Wildman–Crippen MR) is 79.8 cm³/mol. The normalized spacial score (nSPS) is 15.6. The van der Waals surface area contributed by atoms with Crippen LogP contribution in [0.2, 0.25) is 0 Å². The van der Waals surface area contributed by atoms with Gasteiger partial charge in [-0.25, -0.2) is 0 Å². The van der Waals surface area contributed by atoms with Gasteiger partial charge in [-0.05, 0) is 18.4 Å². The lowest BCUT2D eigenvalue weighted by Crippen LogP contribution is -2.37. The Hall–Kier alpha value is -1.75. The molecule has 0 aromatic heterocycles. The van der Waals surface area contributed by atoms with Gasteiger partial charge in [-0.3, -0.25) is 4.79 Å². The molecule has 0 spiro atoms. The zero-order valence-corrected chi connectivity index (χ0v) is 12.6. The highest BCUT2D eigenvalue weighted by atomic mass is 16.5. The standard InChI is InChI=1S/C16H23NO4/c1-11(2)9-13(16(18)19)17-10-12-5-3-6-14-15(12)21-8-4-7-20-14/h3,5-6,11,13,17H,4,7-10H2,1-2H3,(H,18,19)/t13-/m0/s1. The number of rotatable bonds is 6. The minimum Gasteiger partial charge on any atom is -0.490 e. The molecule has 5 nitrogen and oxygen atoms in total. The summed E-state index contributed by atoms with van der Waals surface area (Å²) in [5.41, 5.74) is 0.935. The van der Waals surface area contributed by atoms with E-state index >= 15 is 0 Å². The summed E-state index contributed by atoms with van der Waals surface area (Å²) in [5, 5.41) is 12.4. The molecule has 0 bridgehead atoms. The van der Waals surface area contributed by atoms with Gasteiger partial charge in [0.2, 0.25) is 0 Å². The third-order valence-electron chi connectivity index (χ3n) is 3.40. The van der Waals surface area contributed by atoms with Crippen molar-refractivity contribution in [2.45, 2.75) is 39.3 Å². The molecule has 2 rings (SSSR count). The van der Waals surface area contributed by atoms with Crippen LogP contribution in [-0.4, -0.2) is 30.3 Å². The average Bonchev–Trinajstić information content (AvgIpc) is 2.68. The van der Waals surface area contributed by atoms with Crippen LogP contribution >= 0.6 is 0 Å². The Labute approximate surface area is 125 Å². The van der Waals surface area contributed by atoms with Crippen molar-refractivity contribution in [3.8, 4) is 11.5 Å². The molecule has 0 radical (unpaired) electrons. The molecule has 0 saturated carbocycles. The molecule has 0 saturated heterocycles. The molecule has 0 unspecified atom stereocenters. The molecule has 1 aromatic rings. The molecule has 0 fully saturated rings. The lowest BCUT2D eigenvalue weighted by atomic mass is 10.0. The monoisotopic (exact) mass is 293 g/mol. The first kappa shape index (κ1) is 15.6. The Morgan fingerprint density at radius 1 is 1.33 bits per heavy atom. The summed E-state index contributed by atoms with van der Waals surface area (Å²) >= 11 is 0. The predicted octanol–water partition coefficient (Wildman–Crippen LogP) is 2.44. The van der Waals surface area contributed by atoms with Gasteiger partial charge in [0, 0.05) is 18.5 Å². The number of hydrogen-bond donors (Lipinski definition) is 2. The fourth-order valence-corrected chi connectivity index (χ4v) is 2.37. The van der Waals surface area contributed by atoms with E-state index in [1.165, 1.54) is 0 Å². The quantitative estimate of drug-likeness (QED) is 0.843. The van der Waals surface area contributed by atoms with E-state index in [2.05, 4.69) is 5.32 Å². The second-order valence-electron chi connectivity index (χ2n) is 5.70. The average molecular weight is 293 g/mol. The molecule has 1 atom stereocenters. The number of nitrogens with one attached hydrogen (secondary N) is 1. The number of aliphatic carboxylic acids is 1. The Balaban J connectivity index is 2.07. The highest BCUT2D eigenvalue weighted by molar-refractivity contribution is 5.73. The van der Waals surface area contributed by atoms with Crippen LogP contribution in [0.25, 0.3) is 0 Å². The molecule has 1 heterocycles. The second-order valence-corrected chi connectivity index (χ2v) is 5.70. The van der Waals surface area contributed by atoms with Crippen LogP contribution in [-0.2, 0) is 11.3 Å². The van der Waals surface area contributed by atoms with E-state index in [0.29, 0.717) is 32.1 Å². The molecular formula is C16H23NO4. The first-order valence-electron chi connectivity index (χ1n) is 7.41. The van der Waals surface area contributed by atoms with Crippen molar-refractivity contribution in [3.63, 3.8) is 0 Å². The van der Waals surface area contributed by atoms with E-state index in [1.54, 1.807) is 0 Å². The van der Waals surface area contributed by atoms with Crippen LogP contribution < -0.4 is 14.8 Å².